The predicted molar refractivity (Wildman–Crippen MR) is 203 cm³/mol. The van der Waals surface area contributed by atoms with Crippen molar-refractivity contribution in [2.75, 3.05) is 0 Å². The van der Waals surface area contributed by atoms with Gasteiger partial charge >= 0.3 is 0 Å². The normalized spacial score (nSPS) is 17.0. The summed E-state index contributed by atoms with van der Waals surface area (Å²) in [6.07, 6.45) is 14.6. The van der Waals surface area contributed by atoms with Crippen LogP contribution in [-0.4, -0.2) is 8.07 Å². The molecular formula is C45H52Si. The topological polar surface area (TPSA) is 0 Å². The van der Waals surface area contributed by atoms with E-state index in [9.17, 15) is 0 Å². The fraction of sp³-hybridized carbons (Fsp3) is 0.378. The Morgan fingerprint density at radius 1 is 0.522 bits per heavy atom. The molecule has 46 heavy (non-hydrogen) atoms. The van der Waals surface area contributed by atoms with E-state index in [1.54, 1.807) is 10.4 Å². The van der Waals surface area contributed by atoms with Crippen LogP contribution in [0.4, 0.5) is 0 Å². The lowest BCUT2D eigenvalue weighted by Crippen LogP contribution is -2.43. The summed E-state index contributed by atoms with van der Waals surface area (Å²) in [5, 5.41) is 3.53. The highest BCUT2D eigenvalue weighted by molar-refractivity contribution is 6.94. The number of rotatable bonds is 5. The van der Waals surface area contributed by atoms with E-state index in [1.165, 1.54) is 87.7 Å². The molecule has 0 radical (unpaired) electrons. The minimum absolute atomic E-state index is 0.167. The lowest BCUT2D eigenvalue weighted by atomic mass is 9.86. The molecule has 0 atom stereocenters. The van der Waals surface area contributed by atoms with Gasteiger partial charge in [0, 0.05) is 0 Å². The molecule has 1 heteroatoms. The van der Waals surface area contributed by atoms with E-state index in [4.69, 9.17) is 0 Å². The second kappa shape index (κ2) is 11.7. The van der Waals surface area contributed by atoms with Gasteiger partial charge in [0.25, 0.3) is 0 Å². The molecule has 0 spiro atoms. The van der Waals surface area contributed by atoms with Crippen molar-refractivity contribution in [3.05, 3.63) is 129 Å². The second-order valence-corrected chi connectivity index (χ2v) is 21.1. The third-order valence-corrected chi connectivity index (χ3v) is 17.2. The van der Waals surface area contributed by atoms with Crippen LogP contribution in [0.15, 0.2) is 95.3 Å². The summed E-state index contributed by atoms with van der Waals surface area (Å²) in [6.45, 7) is 16.6. The number of hydrogen-bond donors (Lipinski definition) is 0. The van der Waals surface area contributed by atoms with Gasteiger partial charge in [0.15, 0.2) is 0 Å². The van der Waals surface area contributed by atoms with Gasteiger partial charge in [-0.1, -0.05) is 188 Å². The molecule has 4 aromatic carbocycles. The molecule has 0 unspecified atom stereocenters. The summed E-state index contributed by atoms with van der Waals surface area (Å²) in [4.78, 5) is 0. The summed E-state index contributed by atoms with van der Waals surface area (Å²) >= 11 is 0. The Kier molecular flexibility index (Phi) is 7.92. The molecule has 1 saturated carbocycles. The van der Waals surface area contributed by atoms with Gasteiger partial charge in [-0.15, -0.1) is 0 Å². The van der Waals surface area contributed by atoms with Gasteiger partial charge in [-0.25, -0.2) is 0 Å². The molecule has 0 bridgehead atoms. The van der Waals surface area contributed by atoms with Gasteiger partial charge in [-0.2, -0.15) is 0 Å². The largest absolute Gasteiger partial charge is 0.109 e. The molecular weight excluding hydrogens is 569 g/mol. The summed E-state index contributed by atoms with van der Waals surface area (Å²) in [7, 11) is -1.97. The molecule has 0 aromatic heterocycles. The van der Waals surface area contributed by atoms with E-state index in [-0.39, 0.29) is 10.8 Å². The Balaban J connectivity index is 1.29. The summed E-state index contributed by atoms with van der Waals surface area (Å²) in [5.41, 5.74) is 15.5. The first kappa shape index (κ1) is 31.2. The maximum atomic E-state index is 2.76. The van der Waals surface area contributed by atoms with Gasteiger partial charge in [-0.05, 0) is 84.8 Å². The monoisotopic (exact) mass is 620 g/mol. The number of fused-ring (bicyclic) bond motifs is 2. The smallest absolute Gasteiger partial charge is 0.0709 e. The fourth-order valence-electron chi connectivity index (χ4n) is 8.62. The van der Waals surface area contributed by atoms with Crippen molar-refractivity contribution < 1.29 is 0 Å². The average molecular weight is 621 g/mol. The van der Waals surface area contributed by atoms with E-state index < -0.39 is 8.07 Å². The minimum atomic E-state index is -1.97. The molecule has 7 rings (SSSR count). The van der Waals surface area contributed by atoms with E-state index in [0.717, 1.165) is 18.4 Å². The third-order valence-electron chi connectivity index (χ3n) is 11.7. The van der Waals surface area contributed by atoms with E-state index in [1.807, 2.05) is 0 Å². The van der Waals surface area contributed by atoms with Crippen molar-refractivity contribution in [3.8, 4) is 22.3 Å². The quantitative estimate of drug-likeness (QED) is 0.195. The molecule has 3 aliphatic rings. The van der Waals surface area contributed by atoms with Crippen LogP contribution < -0.4 is 0 Å². The highest BCUT2D eigenvalue weighted by atomic mass is 28.3. The molecule has 1 fully saturated rings. The molecule has 3 aliphatic carbocycles. The predicted octanol–water partition coefficient (Wildman–Crippen LogP) is 12.7. The van der Waals surface area contributed by atoms with Crippen LogP contribution in [-0.2, 0) is 23.7 Å². The van der Waals surface area contributed by atoms with Crippen molar-refractivity contribution in [1.29, 1.82) is 0 Å². The lowest BCUT2D eigenvalue weighted by Gasteiger charge is -2.41. The van der Waals surface area contributed by atoms with Crippen LogP contribution in [0.3, 0.4) is 0 Å². The summed E-state index contributed by atoms with van der Waals surface area (Å²) in [6, 6.07) is 32.9. The molecule has 4 aromatic rings. The first-order chi connectivity index (χ1) is 21.9. The van der Waals surface area contributed by atoms with Crippen molar-refractivity contribution >= 4 is 20.2 Å². The first-order valence-corrected chi connectivity index (χ1v) is 20.4. The average Bonchev–Trinajstić information content (AvgIpc) is 3.70. The van der Waals surface area contributed by atoms with E-state index in [0.29, 0.717) is 0 Å². The van der Waals surface area contributed by atoms with Crippen LogP contribution in [0.2, 0.25) is 12.1 Å². The van der Waals surface area contributed by atoms with Crippen molar-refractivity contribution in [1.82, 2.24) is 0 Å². The molecule has 236 valence electrons. The van der Waals surface area contributed by atoms with E-state index in [2.05, 4.69) is 145 Å². The second-order valence-electron chi connectivity index (χ2n) is 16.6. The zero-order chi connectivity index (χ0) is 32.3. The van der Waals surface area contributed by atoms with Crippen LogP contribution in [0, 0.1) is 0 Å². The Morgan fingerprint density at radius 3 is 1.33 bits per heavy atom. The highest BCUT2D eigenvalue weighted by Gasteiger charge is 2.46. The molecule has 0 heterocycles. The van der Waals surface area contributed by atoms with Gasteiger partial charge in [-0.3, -0.25) is 0 Å². The first-order valence-electron chi connectivity index (χ1n) is 17.8. The molecule has 0 amide bonds. The molecule has 0 N–H and O–H groups in total. The zero-order valence-corrected chi connectivity index (χ0v) is 30.3. The van der Waals surface area contributed by atoms with Crippen molar-refractivity contribution in [2.45, 2.75) is 109 Å². The lowest BCUT2D eigenvalue weighted by molar-refractivity contribution is 0.493. The molecule has 0 aliphatic heterocycles. The number of hydrogen-bond acceptors (Lipinski definition) is 0. The van der Waals surface area contributed by atoms with Crippen LogP contribution in [0.1, 0.15) is 107 Å². The zero-order valence-electron chi connectivity index (χ0n) is 29.3. The van der Waals surface area contributed by atoms with Crippen LogP contribution >= 0.6 is 0 Å². The number of benzene rings is 4. The Morgan fingerprint density at radius 2 is 0.935 bits per heavy atom. The maximum Gasteiger partial charge on any atom is 0.109 e. The minimum Gasteiger partial charge on any atom is -0.0709 e. The standard InChI is InChI=1S/C45H52Si/c1-44(2,3)35-23-19-31(20-24-35)40-17-11-13-33-27-38(29-42(33)40)46(7,37-15-9-8-10-16-37)39-28-34-14-12-18-41(43(34)30-39)32-21-25-36(26-22-32)45(4,5)6/h11-14,17-26,29-30,37H,8-10,15-16,27-28H2,1-7H3. The SMILES string of the molecule is CC(C)(C)c1ccc(-c2cccc3c2C=C([Si](C)(C2=Cc4c(cccc4-c4ccc(C(C)(C)C)cc4)C2)C2CCCCC2)C3)cc1. The van der Waals surface area contributed by atoms with Crippen LogP contribution in [0.5, 0.6) is 0 Å². The summed E-state index contributed by atoms with van der Waals surface area (Å²) < 4.78 is 0. The van der Waals surface area contributed by atoms with Crippen molar-refractivity contribution in [2.24, 2.45) is 0 Å². The van der Waals surface area contributed by atoms with Gasteiger partial charge in [0.2, 0.25) is 0 Å². The highest BCUT2D eigenvalue weighted by Crippen LogP contribution is 2.51. The van der Waals surface area contributed by atoms with Gasteiger partial charge < -0.3 is 0 Å². The third kappa shape index (κ3) is 5.60. The Bertz CT molecular complexity index is 1690. The summed E-state index contributed by atoms with van der Waals surface area (Å²) in [5.74, 6) is 0. The Labute approximate surface area is 279 Å². The Hall–Kier alpha value is -3.42. The van der Waals surface area contributed by atoms with Gasteiger partial charge in [0.05, 0.1) is 0 Å². The maximum absolute atomic E-state index is 2.76. The van der Waals surface area contributed by atoms with Crippen molar-refractivity contribution in [3.63, 3.8) is 0 Å². The van der Waals surface area contributed by atoms with Gasteiger partial charge in [0.1, 0.15) is 8.07 Å². The fourth-order valence-corrected chi connectivity index (χ4v) is 13.6. The molecule has 0 saturated heterocycles. The number of allylic oxidation sites excluding steroid dienone is 2. The molecule has 0 nitrogen and oxygen atoms in total. The van der Waals surface area contributed by atoms with Crippen LogP contribution in [0.25, 0.3) is 34.4 Å². The van der Waals surface area contributed by atoms with E-state index >= 15 is 0 Å².